The first-order valence-electron chi connectivity index (χ1n) is 35.8. The van der Waals surface area contributed by atoms with Gasteiger partial charge in [0.15, 0.2) is 0 Å². The van der Waals surface area contributed by atoms with Crippen molar-refractivity contribution in [1.29, 1.82) is 0 Å². The van der Waals surface area contributed by atoms with E-state index in [1.54, 1.807) is 0 Å². The van der Waals surface area contributed by atoms with Gasteiger partial charge in [0.1, 0.15) is 39.6 Å². The molecule has 2 N–H and O–H groups in total. The molecule has 0 aromatic heterocycles. The summed E-state index contributed by atoms with van der Waals surface area (Å²) >= 11 is 0. The van der Waals surface area contributed by atoms with Crippen LogP contribution in [0.25, 0.3) is 0 Å². The average Bonchev–Trinajstić information content (AvgIpc) is 3.58. The van der Waals surface area contributed by atoms with Gasteiger partial charge in [0, 0.05) is 19.4 Å². The highest BCUT2D eigenvalue weighted by atomic mass is 16.6. The summed E-state index contributed by atoms with van der Waals surface area (Å²) in [4.78, 5) is 81.4. The molecule has 1 atom stereocenters. The molecule has 1 unspecified atom stereocenters. The number of nitrogens with zero attached hydrogens (tertiary/aromatic N) is 1. The lowest BCUT2D eigenvalue weighted by Gasteiger charge is -2.28. The Kier molecular flexibility index (Phi) is 40.8. The summed E-state index contributed by atoms with van der Waals surface area (Å²) < 4.78 is 34.9. The van der Waals surface area contributed by atoms with Crippen molar-refractivity contribution in [2.24, 2.45) is 59.2 Å². The number of carbonyl (C=O) groups excluding carboxylic acids is 6. The van der Waals surface area contributed by atoms with Crippen LogP contribution >= 0.6 is 0 Å². The zero-order valence-electron chi connectivity index (χ0n) is 54.9. The summed E-state index contributed by atoms with van der Waals surface area (Å²) in [5.74, 6) is -0.300. The standard InChI is InChI=1S/C71H125NO14/c1-5-9-15-23-55-29-37-61(38-30-55)68(77)83-51-59(52-84-69(78)62-39-31-56(32-40-62)24-16-10-6-2)49-81-66(75)27-19-13-21-45-72(47-65(74)48-73)46-22-14-20-28-67(76)82-50-60(53-85-70(79)63-41-33-57(34-42-63)25-17-11-7-3)54-86-71(80)64-43-35-58(36-44-64)26-18-12-8-4/h55-65,73-74H,5-54H2,1-4H3. The predicted molar refractivity (Wildman–Crippen MR) is 338 cm³/mol. The zero-order chi connectivity index (χ0) is 62.0. The third-order valence-electron chi connectivity index (χ3n) is 19.8. The summed E-state index contributed by atoms with van der Waals surface area (Å²) in [7, 11) is 0. The van der Waals surface area contributed by atoms with Gasteiger partial charge < -0.3 is 43.5 Å². The molecule has 0 aromatic carbocycles. The normalized spacial score (nSPS) is 23.6. The van der Waals surface area contributed by atoms with Gasteiger partial charge in [0.2, 0.25) is 0 Å². The number of esters is 6. The monoisotopic (exact) mass is 1220 g/mol. The molecule has 0 aliphatic heterocycles. The molecule has 0 amide bonds. The molecular weight excluding hydrogens is 1090 g/mol. The van der Waals surface area contributed by atoms with Gasteiger partial charge in [-0.2, -0.15) is 0 Å². The highest BCUT2D eigenvalue weighted by molar-refractivity contribution is 5.74. The summed E-state index contributed by atoms with van der Waals surface area (Å²) in [6.07, 6.45) is 38.4. The van der Waals surface area contributed by atoms with Crippen molar-refractivity contribution >= 4 is 35.8 Å². The molecule has 0 aromatic rings. The second kappa shape index (κ2) is 46.7. The maximum Gasteiger partial charge on any atom is 0.308 e. The van der Waals surface area contributed by atoms with E-state index in [1.807, 2.05) is 0 Å². The first kappa shape index (κ1) is 75.2. The molecule has 0 radical (unpaired) electrons. The molecule has 4 rings (SSSR count). The SMILES string of the molecule is CCCCCC1CCC(C(=O)OCC(COC(=O)CCCCCN(CCCCCC(=O)OCC(COC(=O)C2CCC(CCCCC)CC2)COC(=O)C2CCC(CCCCC)CC2)CC(O)CO)COC(=O)C2CCC(CCCCC)CC2)CC1. The van der Waals surface area contributed by atoms with Crippen LogP contribution in [0.4, 0.5) is 0 Å². The lowest BCUT2D eigenvalue weighted by atomic mass is 9.80. The molecule has 498 valence electrons. The molecule has 4 saturated carbocycles. The number of unbranched alkanes of at least 4 members (excludes halogenated alkanes) is 12. The third kappa shape index (κ3) is 33.0. The molecule has 0 spiro atoms. The minimum atomic E-state index is -0.894. The van der Waals surface area contributed by atoms with Gasteiger partial charge in [-0.1, -0.05) is 143 Å². The molecule has 4 fully saturated rings. The van der Waals surface area contributed by atoms with Crippen LogP contribution in [0.1, 0.15) is 285 Å². The number of aliphatic hydroxyl groups excluding tert-OH is 2. The Morgan fingerprint density at radius 2 is 0.628 bits per heavy atom. The van der Waals surface area contributed by atoms with Crippen LogP contribution in [-0.4, -0.2) is 123 Å². The summed E-state index contributed by atoms with van der Waals surface area (Å²) in [6, 6.07) is 0. The van der Waals surface area contributed by atoms with Crippen molar-refractivity contribution in [3.8, 4) is 0 Å². The van der Waals surface area contributed by atoms with Crippen LogP contribution < -0.4 is 0 Å². The molecule has 4 aliphatic rings. The summed E-state index contributed by atoms with van der Waals surface area (Å²) in [5.41, 5.74) is 0. The van der Waals surface area contributed by atoms with Crippen LogP contribution in [-0.2, 0) is 57.2 Å². The first-order valence-corrected chi connectivity index (χ1v) is 35.8. The van der Waals surface area contributed by atoms with Gasteiger partial charge in [-0.15, -0.1) is 0 Å². The van der Waals surface area contributed by atoms with Crippen LogP contribution in [0, 0.1) is 59.2 Å². The zero-order valence-corrected chi connectivity index (χ0v) is 54.9. The van der Waals surface area contributed by atoms with Gasteiger partial charge in [-0.05, 0) is 165 Å². The molecule has 15 nitrogen and oxygen atoms in total. The molecule has 15 heteroatoms. The summed E-state index contributed by atoms with van der Waals surface area (Å²) in [6.45, 7) is 10.2. The fourth-order valence-corrected chi connectivity index (χ4v) is 13.8. The van der Waals surface area contributed by atoms with Crippen molar-refractivity contribution in [2.75, 3.05) is 65.9 Å². The average molecular weight is 1220 g/mol. The molecule has 0 saturated heterocycles. The maximum atomic E-state index is 13.3. The molecular formula is C71H125NO14. The largest absolute Gasteiger partial charge is 0.465 e. The van der Waals surface area contributed by atoms with E-state index in [9.17, 15) is 39.0 Å². The second-order valence-corrected chi connectivity index (χ2v) is 27.2. The lowest BCUT2D eigenvalue weighted by Crippen LogP contribution is -2.35. The van der Waals surface area contributed by atoms with E-state index in [2.05, 4.69) is 32.6 Å². The smallest absolute Gasteiger partial charge is 0.308 e. The van der Waals surface area contributed by atoms with Crippen LogP contribution in [0.2, 0.25) is 0 Å². The summed E-state index contributed by atoms with van der Waals surface area (Å²) in [5, 5.41) is 20.0. The van der Waals surface area contributed by atoms with Gasteiger partial charge in [-0.3, -0.25) is 28.8 Å². The minimum Gasteiger partial charge on any atom is -0.465 e. The molecule has 4 aliphatic carbocycles. The predicted octanol–water partition coefficient (Wildman–Crippen LogP) is 14.8. The molecule has 86 heavy (non-hydrogen) atoms. The van der Waals surface area contributed by atoms with Crippen LogP contribution in [0.3, 0.4) is 0 Å². The van der Waals surface area contributed by atoms with Crippen molar-refractivity contribution in [3.05, 3.63) is 0 Å². The highest BCUT2D eigenvalue weighted by Crippen LogP contribution is 2.37. The van der Waals surface area contributed by atoms with Crippen molar-refractivity contribution < 1.29 is 67.4 Å². The van der Waals surface area contributed by atoms with E-state index in [0.29, 0.717) is 56.1 Å². The van der Waals surface area contributed by atoms with Crippen LogP contribution in [0.15, 0.2) is 0 Å². The van der Waals surface area contributed by atoms with Crippen molar-refractivity contribution in [1.82, 2.24) is 4.90 Å². The van der Waals surface area contributed by atoms with Gasteiger partial charge in [0.25, 0.3) is 0 Å². The number of rotatable bonds is 47. The number of hydrogen-bond donors (Lipinski definition) is 2. The lowest BCUT2D eigenvalue weighted by molar-refractivity contribution is -0.161. The number of hydrogen-bond acceptors (Lipinski definition) is 15. The van der Waals surface area contributed by atoms with E-state index >= 15 is 0 Å². The van der Waals surface area contributed by atoms with E-state index in [1.165, 1.54) is 103 Å². The number of aliphatic hydroxyl groups is 2. The molecule has 0 bridgehead atoms. The third-order valence-corrected chi connectivity index (χ3v) is 19.8. The Balaban J connectivity index is 1.17. The Morgan fingerprint density at radius 1 is 0.360 bits per heavy atom. The van der Waals surface area contributed by atoms with E-state index in [4.69, 9.17) is 28.4 Å². The van der Waals surface area contributed by atoms with Crippen LogP contribution in [0.5, 0.6) is 0 Å². The van der Waals surface area contributed by atoms with E-state index in [-0.39, 0.29) is 119 Å². The topological polar surface area (TPSA) is 201 Å². The van der Waals surface area contributed by atoms with Gasteiger partial charge in [0.05, 0.1) is 48.2 Å². The van der Waals surface area contributed by atoms with Gasteiger partial charge in [-0.25, -0.2) is 0 Å². The molecule has 0 heterocycles. The highest BCUT2D eigenvalue weighted by Gasteiger charge is 2.33. The second-order valence-electron chi connectivity index (χ2n) is 27.2. The van der Waals surface area contributed by atoms with E-state index in [0.717, 1.165) is 128 Å². The quantitative estimate of drug-likeness (QED) is 0.0331. The Bertz CT molecular complexity index is 1580. The fraction of sp³-hybridized carbons (Fsp3) is 0.915. The Morgan fingerprint density at radius 3 is 0.884 bits per heavy atom. The Hall–Kier alpha value is -3.30. The Labute approximate surface area is 521 Å². The van der Waals surface area contributed by atoms with Crippen molar-refractivity contribution in [3.63, 3.8) is 0 Å². The number of ether oxygens (including phenoxy) is 6. The number of carbonyl (C=O) groups is 6. The first-order chi connectivity index (χ1) is 41.8. The van der Waals surface area contributed by atoms with E-state index < -0.39 is 17.9 Å². The van der Waals surface area contributed by atoms with Gasteiger partial charge >= 0.3 is 35.8 Å². The maximum absolute atomic E-state index is 13.3. The minimum absolute atomic E-state index is 0.00679. The van der Waals surface area contributed by atoms with Crippen molar-refractivity contribution in [2.45, 2.75) is 291 Å². The fourth-order valence-electron chi connectivity index (χ4n) is 13.8.